The quantitative estimate of drug-likeness (QED) is 0.650. The number of hydrogen-bond donors (Lipinski definition) is 0. The van der Waals surface area contributed by atoms with Crippen LogP contribution in [0.3, 0.4) is 0 Å². The van der Waals surface area contributed by atoms with Gasteiger partial charge < -0.3 is 9.47 Å². The zero-order valence-electron chi connectivity index (χ0n) is 10.7. The van der Waals surface area contributed by atoms with Crippen molar-refractivity contribution >= 4 is 0 Å². The average molecular weight is 199 g/mol. The molecule has 0 N–H and O–H groups in total. The number of hydrogen-bond acceptors (Lipinski definition) is 2. The molecule has 1 aliphatic heterocycles. The molecule has 1 rings (SSSR count). The zero-order chi connectivity index (χ0) is 11.5. The third-order valence-corrected chi connectivity index (χ3v) is 2.71. The lowest BCUT2D eigenvalue weighted by Crippen LogP contribution is -2.26. The van der Waals surface area contributed by atoms with E-state index in [0.29, 0.717) is 13.2 Å². The molecule has 0 unspecified atom stereocenters. The van der Waals surface area contributed by atoms with Gasteiger partial charge in [0.1, 0.15) is 0 Å². The van der Waals surface area contributed by atoms with Gasteiger partial charge in [-0.1, -0.05) is 32.9 Å². The first-order valence-corrected chi connectivity index (χ1v) is 5.23. The molecule has 14 heavy (non-hydrogen) atoms. The van der Waals surface area contributed by atoms with Crippen LogP contribution >= 0.6 is 0 Å². The van der Waals surface area contributed by atoms with Crippen LogP contribution < -0.4 is 0 Å². The highest BCUT2D eigenvalue weighted by Gasteiger charge is 2.31. The van der Waals surface area contributed by atoms with Gasteiger partial charge in [0, 0.05) is 6.42 Å². The van der Waals surface area contributed by atoms with Crippen LogP contribution in [-0.2, 0) is 9.47 Å². The van der Waals surface area contributed by atoms with E-state index < -0.39 is 5.79 Å². The predicted molar refractivity (Wildman–Crippen MR) is 58.1 cm³/mol. The van der Waals surface area contributed by atoms with Crippen LogP contribution in [0.15, 0.2) is 12.1 Å². The molecule has 0 aliphatic carbocycles. The Balaban J connectivity index is 2.48. The minimum atomic E-state index is -0.431. The average Bonchev–Trinajstić information content (AvgIpc) is 2.51. The van der Waals surface area contributed by atoms with Gasteiger partial charge in [0.05, 0.1) is 14.6 Å². The van der Waals surface area contributed by atoms with Crippen molar-refractivity contribution in [3.8, 4) is 0 Å². The van der Waals surface area contributed by atoms with Crippen molar-refractivity contribution in [2.75, 3.05) is 13.2 Å². The van der Waals surface area contributed by atoms with Gasteiger partial charge in [-0.3, -0.25) is 0 Å². The summed E-state index contributed by atoms with van der Waals surface area (Å²) < 4.78 is 18.5. The van der Waals surface area contributed by atoms with Crippen molar-refractivity contribution in [1.82, 2.24) is 0 Å². The van der Waals surface area contributed by atoms with Crippen LogP contribution in [0.25, 0.3) is 0 Å². The van der Waals surface area contributed by atoms with Gasteiger partial charge in [0.25, 0.3) is 0 Å². The first-order valence-electron chi connectivity index (χ1n) is 5.81. The van der Waals surface area contributed by atoms with Gasteiger partial charge in [-0.25, -0.2) is 0 Å². The molecule has 2 nitrogen and oxygen atoms in total. The van der Waals surface area contributed by atoms with E-state index in [2.05, 4.69) is 20.8 Å². The highest BCUT2D eigenvalue weighted by atomic mass is 16.7. The monoisotopic (exact) mass is 199 g/mol. The summed E-state index contributed by atoms with van der Waals surface area (Å²) in [6.45, 7) is 11.2. The molecule has 1 heterocycles. The maximum Gasteiger partial charge on any atom is 0.166 e. The molecule has 0 radical (unpaired) electrons. The second-order valence-electron chi connectivity index (χ2n) is 5.11. The maximum atomic E-state index is 7.41. The van der Waals surface area contributed by atoms with Crippen molar-refractivity contribution in [3.05, 3.63) is 12.1 Å². The number of ether oxygens (including phenoxy) is 2. The third kappa shape index (κ3) is 3.10. The van der Waals surface area contributed by atoms with E-state index in [4.69, 9.17) is 10.8 Å². The van der Waals surface area contributed by atoms with Crippen molar-refractivity contribution in [2.24, 2.45) is 5.41 Å². The van der Waals surface area contributed by atoms with Crippen LogP contribution in [0.5, 0.6) is 0 Å². The Bertz CT molecular complexity index is 234. The van der Waals surface area contributed by atoms with E-state index >= 15 is 0 Å². The first kappa shape index (κ1) is 10.2. The third-order valence-electron chi connectivity index (χ3n) is 2.71. The highest BCUT2D eigenvalue weighted by Crippen LogP contribution is 2.32. The van der Waals surface area contributed by atoms with Gasteiger partial charge in [0.15, 0.2) is 5.79 Å². The topological polar surface area (TPSA) is 18.5 Å². The van der Waals surface area contributed by atoms with Crippen LogP contribution in [0.1, 0.15) is 41.9 Å². The Morgan fingerprint density at radius 1 is 1.43 bits per heavy atom. The summed E-state index contributed by atoms with van der Waals surface area (Å²) in [7, 11) is 0. The van der Waals surface area contributed by atoms with Gasteiger partial charge in [-0.15, -0.1) is 0 Å². The van der Waals surface area contributed by atoms with E-state index in [1.54, 1.807) is 0 Å². The number of allylic oxidation sites excluding steroid dienone is 1. The summed E-state index contributed by atoms with van der Waals surface area (Å²) in [6.07, 6.45) is 1.69. The Hall–Kier alpha value is -0.340. The normalized spacial score (nSPS) is 23.7. The summed E-state index contributed by atoms with van der Waals surface area (Å²) in [5.74, 6) is -0.431. The molecule has 0 saturated carbocycles. The van der Waals surface area contributed by atoms with Crippen LogP contribution in [0, 0.1) is 5.41 Å². The van der Waals surface area contributed by atoms with Gasteiger partial charge in [0.2, 0.25) is 0 Å². The summed E-state index contributed by atoms with van der Waals surface area (Å²) in [6, 6.07) is 0. The smallest absolute Gasteiger partial charge is 0.166 e. The van der Waals surface area contributed by atoms with Crippen molar-refractivity contribution < 1.29 is 10.8 Å². The first-order chi connectivity index (χ1) is 6.87. The molecule has 0 spiro atoms. The van der Waals surface area contributed by atoms with Gasteiger partial charge in [-0.2, -0.15) is 0 Å². The summed E-state index contributed by atoms with van der Waals surface area (Å²) in [5.41, 5.74) is 1.21. The Morgan fingerprint density at radius 2 is 2.00 bits per heavy atom. The lowest BCUT2D eigenvalue weighted by atomic mass is 9.84. The summed E-state index contributed by atoms with van der Waals surface area (Å²) >= 11 is 0. The second-order valence-corrected chi connectivity index (χ2v) is 5.11. The molecule has 1 aliphatic rings. The molecule has 0 bridgehead atoms. The SMILES string of the molecule is [2H]C=C(CCC1(C)OCCO1)C(C)(C)C. The molecule has 0 aromatic heterocycles. The molecule has 1 fully saturated rings. The molecule has 0 aromatic rings. The summed E-state index contributed by atoms with van der Waals surface area (Å²) in [4.78, 5) is 0. The highest BCUT2D eigenvalue weighted by molar-refractivity contribution is 5.05. The Labute approximate surface area is 88.7 Å². The van der Waals surface area contributed by atoms with E-state index in [1.165, 1.54) is 6.55 Å². The molecule has 0 amide bonds. The number of rotatable bonds is 3. The molecule has 1 saturated heterocycles. The lowest BCUT2D eigenvalue weighted by Gasteiger charge is -2.27. The lowest BCUT2D eigenvalue weighted by molar-refractivity contribution is -0.146. The largest absolute Gasteiger partial charge is 0.348 e. The molecular formula is C12H22O2. The fraction of sp³-hybridized carbons (Fsp3) is 0.833. The molecule has 0 atom stereocenters. The fourth-order valence-corrected chi connectivity index (χ4v) is 1.44. The predicted octanol–water partition coefficient (Wildman–Crippen LogP) is 3.13. The minimum Gasteiger partial charge on any atom is -0.348 e. The second kappa shape index (κ2) is 4.03. The van der Waals surface area contributed by atoms with E-state index in [1.807, 2.05) is 6.92 Å². The van der Waals surface area contributed by atoms with Crippen LogP contribution in [-0.4, -0.2) is 19.0 Å². The molecule has 2 heteroatoms. The Morgan fingerprint density at radius 3 is 2.43 bits per heavy atom. The molecule has 82 valence electrons. The zero-order valence-corrected chi connectivity index (χ0v) is 9.72. The van der Waals surface area contributed by atoms with Crippen molar-refractivity contribution in [3.63, 3.8) is 0 Å². The standard InChI is InChI=1S/C12H22O2/c1-10(11(2,3)4)6-7-12(5)13-8-9-14-12/h1,6-9H2,2-5H3/i1D. The van der Waals surface area contributed by atoms with Crippen LogP contribution in [0.4, 0.5) is 0 Å². The van der Waals surface area contributed by atoms with E-state index in [-0.39, 0.29) is 5.41 Å². The van der Waals surface area contributed by atoms with E-state index in [9.17, 15) is 0 Å². The van der Waals surface area contributed by atoms with Crippen LogP contribution in [0.2, 0.25) is 0 Å². The van der Waals surface area contributed by atoms with E-state index in [0.717, 1.165) is 18.4 Å². The fourth-order valence-electron chi connectivity index (χ4n) is 1.44. The maximum absolute atomic E-state index is 7.41. The van der Waals surface area contributed by atoms with Crippen molar-refractivity contribution in [2.45, 2.75) is 46.3 Å². The minimum absolute atomic E-state index is 0.0662. The van der Waals surface area contributed by atoms with Gasteiger partial charge in [-0.05, 0) is 18.8 Å². The Kier molecular flexibility index (Phi) is 2.93. The van der Waals surface area contributed by atoms with Crippen molar-refractivity contribution in [1.29, 1.82) is 0 Å². The molecule has 0 aromatic carbocycles. The molecular weight excluding hydrogens is 176 g/mol. The van der Waals surface area contributed by atoms with Gasteiger partial charge >= 0.3 is 0 Å². The summed E-state index contributed by atoms with van der Waals surface area (Å²) in [5, 5.41) is 0.